The van der Waals surface area contributed by atoms with Crippen molar-refractivity contribution in [3.63, 3.8) is 0 Å². The second-order valence-electron chi connectivity index (χ2n) is 7.33. The molecule has 1 atom stereocenters. The van der Waals surface area contributed by atoms with Crippen LogP contribution in [0, 0.1) is 0 Å². The van der Waals surface area contributed by atoms with Crippen molar-refractivity contribution < 1.29 is 8.42 Å². The number of likely N-dealkylation sites (N-methyl/N-ethyl adjacent to an activating group) is 1. The highest BCUT2D eigenvalue weighted by atomic mass is 35.5. The number of anilines is 2. The van der Waals surface area contributed by atoms with Gasteiger partial charge in [-0.3, -0.25) is 9.62 Å². The third-order valence-electron chi connectivity index (χ3n) is 5.31. The van der Waals surface area contributed by atoms with Crippen LogP contribution in [0.5, 0.6) is 0 Å². The molecule has 0 bridgehead atoms. The molecular formula is C21H23ClN4O2S2. The van der Waals surface area contributed by atoms with Gasteiger partial charge in [0.15, 0.2) is 5.13 Å². The summed E-state index contributed by atoms with van der Waals surface area (Å²) in [5.41, 5.74) is 2.14. The standard InChI is InChI=1S/C21H23ClN4O2S2/c1-25(17-9-11-26(15-17)14-16-5-3-2-4-6-16)20-8-7-18(13-19(20)22)30(27,28)24-21-23-10-12-29-21/h2-8,10,12-13,17H,9,11,14-15H2,1H3,(H,23,24). The van der Waals surface area contributed by atoms with Crippen LogP contribution in [0.15, 0.2) is 65.0 Å². The maximum absolute atomic E-state index is 12.6. The van der Waals surface area contributed by atoms with Gasteiger partial charge >= 0.3 is 0 Å². The van der Waals surface area contributed by atoms with E-state index in [4.69, 9.17) is 11.6 Å². The van der Waals surface area contributed by atoms with E-state index < -0.39 is 10.0 Å². The Balaban J connectivity index is 1.44. The van der Waals surface area contributed by atoms with Gasteiger partial charge < -0.3 is 4.90 Å². The molecule has 9 heteroatoms. The van der Waals surface area contributed by atoms with E-state index in [1.54, 1.807) is 23.7 Å². The highest BCUT2D eigenvalue weighted by Crippen LogP contribution is 2.32. The summed E-state index contributed by atoms with van der Waals surface area (Å²) >= 11 is 7.72. The molecule has 1 saturated heterocycles. The first-order chi connectivity index (χ1) is 14.4. The zero-order valence-corrected chi connectivity index (χ0v) is 18.9. The van der Waals surface area contributed by atoms with Crippen LogP contribution in [-0.2, 0) is 16.6 Å². The van der Waals surface area contributed by atoms with Crippen LogP contribution in [0.2, 0.25) is 5.02 Å². The number of aromatic nitrogens is 1. The maximum atomic E-state index is 12.6. The van der Waals surface area contributed by atoms with E-state index in [1.807, 2.05) is 13.1 Å². The minimum absolute atomic E-state index is 0.122. The smallest absolute Gasteiger partial charge is 0.263 e. The fraction of sp³-hybridized carbons (Fsp3) is 0.286. The van der Waals surface area contributed by atoms with Crippen molar-refractivity contribution in [3.05, 3.63) is 70.7 Å². The first kappa shape index (κ1) is 21.1. The number of halogens is 1. The molecule has 1 aliphatic heterocycles. The van der Waals surface area contributed by atoms with Crippen molar-refractivity contribution in [1.29, 1.82) is 0 Å². The highest BCUT2D eigenvalue weighted by molar-refractivity contribution is 7.93. The lowest BCUT2D eigenvalue weighted by Crippen LogP contribution is -2.34. The van der Waals surface area contributed by atoms with Gasteiger partial charge in [0, 0.05) is 44.3 Å². The molecule has 30 heavy (non-hydrogen) atoms. The Hall–Kier alpha value is -2.13. The zero-order chi connectivity index (χ0) is 21.1. The molecule has 0 saturated carbocycles. The summed E-state index contributed by atoms with van der Waals surface area (Å²) in [6, 6.07) is 15.6. The molecule has 2 aromatic carbocycles. The first-order valence-electron chi connectivity index (χ1n) is 9.63. The molecule has 3 aromatic rings. The predicted molar refractivity (Wildman–Crippen MR) is 123 cm³/mol. The minimum Gasteiger partial charge on any atom is -0.369 e. The number of nitrogens with zero attached hydrogens (tertiary/aromatic N) is 3. The van der Waals surface area contributed by atoms with Crippen molar-refractivity contribution in [1.82, 2.24) is 9.88 Å². The molecule has 1 aromatic heterocycles. The molecular weight excluding hydrogens is 440 g/mol. The highest BCUT2D eigenvalue weighted by Gasteiger charge is 2.27. The molecule has 4 rings (SSSR count). The van der Waals surface area contributed by atoms with Gasteiger partial charge in [-0.05, 0) is 30.2 Å². The fourth-order valence-corrected chi connectivity index (χ4v) is 5.89. The van der Waals surface area contributed by atoms with Crippen LogP contribution in [0.4, 0.5) is 10.8 Å². The third-order valence-corrected chi connectivity index (χ3v) is 7.76. The predicted octanol–water partition coefficient (Wildman–Crippen LogP) is 4.31. The molecule has 0 spiro atoms. The SMILES string of the molecule is CN(c1ccc(S(=O)(=O)Nc2nccs2)cc1Cl)C1CCN(Cc2ccccc2)C1. The van der Waals surface area contributed by atoms with Gasteiger partial charge in [0.1, 0.15) is 0 Å². The van der Waals surface area contributed by atoms with Crippen LogP contribution in [-0.4, -0.2) is 44.5 Å². The summed E-state index contributed by atoms with van der Waals surface area (Å²) in [6.07, 6.45) is 2.58. The summed E-state index contributed by atoms with van der Waals surface area (Å²) in [6.45, 7) is 2.89. The normalized spacial score (nSPS) is 17.2. The van der Waals surface area contributed by atoms with Crippen molar-refractivity contribution in [3.8, 4) is 0 Å². The van der Waals surface area contributed by atoms with Crippen LogP contribution in [0.3, 0.4) is 0 Å². The van der Waals surface area contributed by atoms with E-state index in [0.29, 0.717) is 16.2 Å². The van der Waals surface area contributed by atoms with E-state index in [2.05, 4.69) is 43.8 Å². The maximum Gasteiger partial charge on any atom is 0.263 e. The Morgan fingerprint density at radius 2 is 2.07 bits per heavy atom. The second kappa shape index (κ2) is 8.93. The number of benzene rings is 2. The number of thiazole rings is 1. The molecule has 6 nitrogen and oxygen atoms in total. The van der Waals surface area contributed by atoms with Gasteiger partial charge in [-0.2, -0.15) is 0 Å². The second-order valence-corrected chi connectivity index (χ2v) is 10.3. The Morgan fingerprint density at radius 1 is 1.27 bits per heavy atom. The number of nitrogens with one attached hydrogen (secondary N) is 1. The fourth-order valence-electron chi connectivity index (χ4n) is 3.70. The Kier molecular flexibility index (Phi) is 6.29. The van der Waals surface area contributed by atoms with E-state index in [9.17, 15) is 8.42 Å². The lowest BCUT2D eigenvalue weighted by molar-refractivity contribution is 0.326. The summed E-state index contributed by atoms with van der Waals surface area (Å²) in [5.74, 6) is 0. The number of hydrogen-bond donors (Lipinski definition) is 1. The molecule has 1 N–H and O–H groups in total. The van der Waals surface area contributed by atoms with Gasteiger partial charge in [-0.25, -0.2) is 13.4 Å². The number of hydrogen-bond acceptors (Lipinski definition) is 6. The van der Waals surface area contributed by atoms with Gasteiger partial charge in [0.25, 0.3) is 10.0 Å². The van der Waals surface area contributed by atoms with Crippen LogP contribution >= 0.6 is 22.9 Å². The number of rotatable bonds is 7. The molecule has 1 unspecified atom stereocenters. The van der Waals surface area contributed by atoms with Crippen LogP contribution in [0.1, 0.15) is 12.0 Å². The molecule has 0 aliphatic carbocycles. The van der Waals surface area contributed by atoms with Gasteiger partial charge in [0.2, 0.25) is 0 Å². The Bertz CT molecular complexity index is 1090. The third kappa shape index (κ3) is 4.78. The molecule has 1 fully saturated rings. The van der Waals surface area contributed by atoms with E-state index in [0.717, 1.165) is 31.7 Å². The Morgan fingerprint density at radius 3 is 2.77 bits per heavy atom. The van der Waals surface area contributed by atoms with Crippen molar-refractivity contribution >= 4 is 43.8 Å². The first-order valence-corrected chi connectivity index (χ1v) is 12.4. The quantitative estimate of drug-likeness (QED) is 0.566. The van der Waals surface area contributed by atoms with E-state index in [-0.39, 0.29) is 4.90 Å². The van der Waals surface area contributed by atoms with E-state index >= 15 is 0 Å². The van der Waals surface area contributed by atoms with Gasteiger partial charge in [-0.15, -0.1) is 11.3 Å². The van der Waals surface area contributed by atoms with Crippen LogP contribution < -0.4 is 9.62 Å². The topological polar surface area (TPSA) is 65.5 Å². The average Bonchev–Trinajstić information content (AvgIpc) is 3.40. The van der Waals surface area contributed by atoms with Crippen molar-refractivity contribution in [2.24, 2.45) is 0 Å². The number of likely N-dealkylation sites (tertiary alicyclic amines) is 1. The zero-order valence-electron chi connectivity index (χ0n) is 16.5. The molecule has 1 aliphatic rings. The lowest BCUT2D eigenvalue weighted by Gasteiger charge is -2.28. The summed E-state index contributed by atoms with van der Waals surface area (Å²) in [7, 11) is -1.71. The monoisotopic (exact) mass is 462 g/mol. The minimum atomic E-state index is -3.72. The summed E-state index contributed by atoms with van der Waals surface area (Å²) < 4.78 is 27.6. The van der Waals surface area contributed by atoms with Crippen molar-refractivity contribution in [2.45, 2.75) is 23.9 Å². The van der Waals surface area contributed by atoms with Gasteiger partial charge in [-0.1, -0.05) is 41.9 Å². The van der Waals surface area contributed by atoms with Crippen LogP contribution in [0.25, 0.3) is 0 Å². The average molecular weight is 463 g/mol. The molecule has 158 valence electrons. The summed E-state index contributed by atoms with van der Waals surface area (Å²) in [5, 5.41) is 2.46. The Labute approximate surface area is 186 Å². The summed E-state index contributed by atoms with van der Waals surface area (Å²) in [4.78, 5) is 8.67. The molecule has 0 radical (unpaired) electrons. The molecule has 0 amide bonds. The lowest BCUT2D eigenvalue weighted by atomic mass is 10.2. The number of sulfonamides is 1. The van der Waals surface area contributed by atoms with Crippen molar-refractivity contribution in [2.75, 3.05) is 29.8 Å². The largest absolute Gasteiger partial charge is 0.369 e. The van der Waals surface area contributed by atoms with Gasteiger partial charge in [0.05, 0.1) is 15.6 Å². The van der Waals surface area contributed by atoms with E-state index in [1.165, 1.54) is 23.0 Å². The molecule has 2 heterocycles.